The van der Waals surface area contributed by atoms with Gasteiger partial charge in [-0.1, -0.05) is 17.7 Å². The van der Waals surface area contributed by atoms with E-state index in [9.17, 15) is 4.79 Å². The Morgan fingerprint density at radius 2 is 2.05 bits per heavy atom. The summed E-state index contributed by atoms with van der Waals surface area (Å²) in [6, 6.07) is 10.0. The first-order valence-corrected chi connectivity index (χ1v) is 7.34. The van der Waals surface area contributed by atoms with E-state index in [-0.39, 0.29) is 5.91 Å². The summed E-state index contributed by atoms with van der Waals surface area (Å²) in [6.07, 6.45) is 2.02. The molecule has 0 saturated heterocycles. The minimum Gasteiger partial charge on any atom is -0.358 e. The zero-order chi connectivity index (χ0) is 15.7. The maximum atomic E-state index is 12.3. The normalized spacial score (nSPS) is 10.9. The average molecular weight is 293 g/mol. The zero-order valence-electron chi connectivity index (χ0n) is 13.0. The van der Waals surface area contributed by atoms with Crippen LogP contribution in [0.4, 0.5) is 5.82 Å². The number of anilines is 1. The van der Waals surface area contributed by atoms with Crippen molar-refractivity contribution >= 4 is 22.6 Å². The average Bonchev–Trinajstić information content (AvgIpc) is 2.77. The van der Waals surface area contributed by atoms with Crippen molar-refractivity contribution in [2.75, 3.05) is 5.32 Å². The van der Waals surface area contributed by atoms with Crippen LogP contribution in [0.2, 0.25) is 0 Å². The number of fused-ring (bicyclic) bond motifs is 1. The van der Waals surface area contributed by atoms with E-state index < -0.39 is 0 Å². The number of nitrogens with one attached hydrogen (secondary N) is 2. The van der Waals surface area contributed by atoms with Gasteiger partial charge in [0.25, 0.3) is 0 Å². The summed E-state index contributed by atoms with van der Waals surface area (Å²) >= 11 is 0. The molecule has 3 rings (SSSR count). The first-order valence-electron chi connectivity index (χ1n) is 7.34. The Hall–Kier alpha value is -2.62. The van der Waals surface area contributed by atoms with Crippen molar-refractivity contribution in [2.45, 2.75) is 27.2 Å². The minimum atomic E-state index is -0.0488. The van der Waals surface area contributed by atoms with E-state index in [4.69, 9.17) is 0 Å². The number of aromatic nitrogens is 2. The van der Waals surface area contributed by atoms with Crippen molar-refractivity contribution in [3.05, 3.63) is 58.9 Å². The standard InChI is InChI=1S/C18H19N3O/c1-11-6-7-16-15(9-11)14(13(3)20-16)10-17(22)21-18-12(2)5-4-8-19-18/h4-9,20H,10H2,1-3H3,(H,19,21,22). The quantitative estimate of drug-likeness (QED) is 0.774. The predicted molar refractivity (Wildman–Crippen MR) is 89.1 cm³/mol. The highest BCUT2D eigenvalue weighted by Gasteiger charge is 2.13. The molecule has 22 heavy (non-hydrogen) atoms. The van der Waals surface area contributed by atoms with Gasteiger partial charge in [0.05, 0.1) is 6.42 Å². The van der Waals surface area contributed by atoms with Crippen molar-refractivity contribution in [3.63, 3.8) is 0 Å². The van der Waals surface area contributed by atoms with Gasteiger partial charge in [-0.05, 0) is 50.1 Å². The molecule has 0 spiro atoms. The predicted octanol–water partition coefficient (Wildman–Crippen LogP) is 3.67. The Kier molecular flexibility index (Phi) is 3.67. The summed E-state index contributed by atoms with van der Waals surface area (Å²) in [4.78, 5) is 19.9. The van der Waals surface area contributed by atoms with Crippen LogP contribution in [0, 0.1) is 20.8 Å². The monoisotopic (exact) mass is 293 g/mol. The van der Waals surface area contributed by atoms with Gasteiger partial charge >= 0.3 is 0 Å². The Morgan fingerprint density at radius 1 is 1.23 bits per heavy atom. The van der Waals surface area contributed by atoms with Gasteiger partial charge < -0.3 is 10.3 Å². The molecule has 0 unspecified atom stereocenters. The Balaban J connectivity index is 1.87. The third-order valence-electron chi connectivity index (χ3n) is 3.88. The minimum absolute atomic E-state index is 0.0488. The van der Waals surface area contributed by atoms with E-state index in [0.29, 0.717) is 12.2 Å². The highest BCUT2D eigenvalue weighted by atomic mass is 16.1. The second-order valence-corrected chi connectivity index (χ2v) is 5.67. The lowest BCUT2D eigenvalue weighted by Gasteiger charge is -2.07. The van der Waals surface area contributed by atoms with E-state index in [1.165, 1.54) is 5.56 Å². The molecule has 4 nitrogen and oxygen atoms in total. The molecule has 2 heterocycles. The number of aromatic amines is 1. The van der Waals surface area contributed by atoms with E-state index in [0.717, 1.165) is 27.7 Å². The van der Waals surface area contributed by atoms with Crippen LogP contribution < -0.4 is 5.32 Å². The summed E-state index contributed by atoms with van der Waals surface area (Å²) in [6.45, 7) is 6.00. The van der Waals surface area contributed by atoms with E-state index in [1.54, 1.807) is 6.20 Å². The number of carbonyl (C=O) groups excluding carboxylic acids is 1. The summed E-state index contributed by atoms with van der Waals surface area (Å²) in [5.41, 5.74) is 5.30. The summed E-state index contributed by atoms with van der Waals surface area (Å²) < 4.78 is 0. The zero-order valence-corrected chi connectivity index (χ0v) is 13.0. The molecule has 0 fully saturated rings. The van der Waals surface area contributed by atoms with E-state index in [2.05, 4.69) is 40.4 Å². The molecule has 0 aliphatic heterocycles. The molecule has 0 aliphatic carbocycles. The number of rotatable bonds is 3. The van der Waals surface area contributed by atoms with Crippen molar-refractivity contribution in [1.29, 1.82) is 0 Å². The highest BCUT2D eigenvalue weighted by molar-refractivity contribution is 5.96. The van der Waals surface area contributed by atoms with Crippen LogP contribution in [0.3, 0.4) is 0 Å². The Bertz CT molecular complexity index is 849. The van der Waals surface area contributed by atoms with Crippen molar-refractivity contribution in [2.24, 2.45) is 0 Å². The first kappa shape index (κ1) is 14.3. The van der Waals surface area contributed by atoms with Gasteiger partial charge in [0.1, 0.15) is 5.82 Å². The lowest BCUT2D eigenvalue weighted by atomic mass is 10.1. The van der Waals surface area contributed by atoms with Crippen molar-refractivity contribution in [3.8, 4) is 0 Å². The van der Waals surface area contributed by atoms with E-state index >= 15 is 0 Å². The largest absolute Gasteiger partial charge is 0.358 e. The first-order chi connectivity index (χ1) is 10.5. The summed E-state index contributed by atoms with van der Waals surface area (Å²) in [5.74, 6) is 0.577. The van der Waals surface area contributed by atoms with Crippen molar-refractivity contribution < 1.29 is 4.79 Å². The Morgan fingerprint density at radius 3 is 2.82 bits per heavy atom. The van der Waals surface area contributed by atoms with Crippen LogP contribution in [-0.4, -0.2) is 15.9 Å². The fourth-order valence-electron chi connectivity index (χ4n) is 2.68. The van der Waals surface area contributed by atoms with Crippen LogP contribution in [0.5, 0.6) is 0 Å². The highest BCUT2D eigenvalue weighted by Crippen LogP contribution is 2.24. The fourth-order valence-corrected chi connectivity index (χ4v) is 2.68. The third-order valence-corrected chi connectivity index (χ3v) is 3.88. The molecule has 2 aromatic heterocycles. The maximum absolute atomic E-state index is 12.3. The van der Waals surface area contributed by atoms with Gasteiger partial charge in [0.15, 0.2) is 0 Å². The molecule has 0 atom stereocenters. The van der Waals surface area contributed by atoms with Gasteiger partial charge in [-0.25, -0.2) is 4.98 Å². The third kappa shape index (κ3) is 2.72. The molecular weight excluding hydrogens is 274 g/mol. The van der Waals surface area contributed by atoms with Crippen LogP contribution in [0.1, 0.15) is 22.4 Å². The van der Waals surface area contributed by atoms with Crippen LogP contribution in [0.25, 0.3) is 10.9 Å². The van der Waals surface area contributed by atoms with Gasteiger partial charge in [0.2, 0.25) is 5.91 Å². The van der Waals surface area contributed by atoms with Gasteiger partial charge in [0, 0.05) is 22.8 Å². The van der Waals surface area contributed by atoms with E-state index in [1.807, 2.05) is 26.0 Å². The summed E-state index contributed by atoms with van der Waals surface area (Å²) in [5, 5.41) is 4.01. The molecule has 3 aromatic rings. The molecule has 112 valence electrons. The number of nitrogens with zero attached hydrogens (tertiary/aromatic N) is 1. The molecule has 1 aromatic carbocycles. The summed E-state index contributed by atoms with van der Waals surface area (Å²) in [7, 11) is 0. The number of amides is 1. The topological polar surface area (TPSA) is 57.8 Å². The number of benzene rings is 1. The van der Waals surface area contributed by atoms with Gasteiger partial charge in [-0.2, -0.15) is 0 Å². The molecular formula is C18H19N3O. The molecule has 0 bridgehead atoms. The molecule has 1 amide bonds. The molecule has 0 radical (unpaired) electrons. The number of aryl methyl sites for hydroxylation is 3. The molecule has 4 heteroatoms. The molecule has 0 saturated carbocycles. The second-order valence-electron chi connectivity index (χ2n) is 5.67. The maximum Gasteiger partial charge on any atom is 0.230 e. The van der Waals surface area contributed by atoms with Crippen molar-refractivity contribution in [1.82, 2.24) is 9.97 Å². The van der Waals surface area contributed by atoms with Crippen LogP contribution >= 0.6 is 0 Å². The number of carbonyl (C=O) groups is 1. The lowest BCUT2D eigenvalue weighted by Crippen LogP contribution is -2.16. The number of hydrogen-bond donors (Lipinski definition) is 2. The number of pyridine rings is 1. The SMILES string of the molecule is Cc1ccc2[nH]c(C)c(CC(=O)Nc3ncccc3C)c2c1. The van der Waals surface area contributed by atoms with Crippen LogP contribution in [-0.2, 0) is 11.2 Å². The lowest BCUT2D eigenvalue weighted by molar-refractivity contribution is -0.115. The van der Waals surface area contributed by atoms with Gasteiger partial charge in [-0.15, -0.1) is 0 Å². The molecule has 0 aliphatic rings. The molecule has 2 N–H and O–H groups in total. The second kappa shape index (κ2) is 5.64. The fraction of sp³-hybridized carbons (Fsp3) is 0.222. The number of H-pyrrole nitrogens is 1. The smallest absolute Gasteiger partial charge is 0.230 e. The van der Waals surface area contributed by atoms with Crippen LogP contribution in [0.15, 0.2) is 36.5 Å². The number of hydrogen-bond acceptors (Lipinski definition) is 2. The Labute approximate surface area is 129 Å². The van der Waals surface area contributed by atoms with Gasteiger partial charge in [-0.3, -0.25) is 4.79 Å².